The van der Waals surface area contributed by atoms with Crippen LogP contribution in [0.15, 0.2) is 48.5 Å². The third kappa shape index (κ3) is 5.84. The van der Waals surface area contributed by atoms with Crippen LogP contribution >= 0.6 is 35.6 Å². The topological polar surface area (TPSA) is 52.7 Å². The van der Waals surface area contributed by atoms with Crippen molar-refractivity contribution in [2.45, 2.75) is 6.54 Å². The Morgan fingerprint density at radius 3 is 2.44 bits per heavy atom. The second kappa shape index (κ2) is 9.95. The van der Waals surface area contributed by atoms with E-state index in [0.717, 1.165) is 11.3 Å². The van der Waals surface area contributed by atoms with Gasteiger partial charge in [-0.25, -0.2) is 0 Å². The zero-order valence-electron chi connectivity index (χ0n) is 14.5. The van der Waals surface area contributed by atoms with Gasteiger partial charge in [-0.15, -0.1) is 12.4 Å². The average molecular weight is 429 g/mol. The lowest BCUT2D eigenvalue weighted by atomic mass is 10.2. The molecular weight excluding hydrogens is 409 g/mol. The van der Waals surface area contributed by atoms with Gasteiger partial charge in [-0.1, -0.05) is 41.4 Å². The lowest BCUT2D eigenvalue weighted by Crippen LogP contribution is -2.54. The van der Waals surface area contributed by atoms with Gasteiger partial charge in [0.1, 0.15) is 6.54 Å². The molecule has 1 fully saturated rings. The maximum atomic E-state index is 12.4. The fraction of sp³-hybridized carbons (Fsp3) is 0.263. The maximum absolute atomic E-state index is 12.4. The van der Waals surface area contributed by atoms with Crippen molar-refractivity contribution in [2.24, 2.45) is 0 Å². The molecule has 1 saturated heterocycles. The highest BCUT2D eigenvalue weighted by Gasteiger charge is 2.27. The van der Waals surface area contributed by atoms with Gasteiger partial charge in [-0.05, 0) is 35.9 Å². The van der Waals surface area contributed by atoms with Crippen LogP contribution in [0.1, 0.15) is 5.56 Å². The highest BCUT2D eigenvalue weighted by atomic mass is 35.5. The molecule has 0 unspecified atom stereocenters. The molecule has 27 heavy (non-hydrogen) atoms. The number of nitrogens with zero attached hydrogens (tertiary/aromatic N) is 2. The Morgan fingerprint density at radius 1 is 1.04 bits per heavy atom. The van der Waals surface area contributed by atoms with Crippen molar-refractivity contribution in [3.05, 3.63) is 64.1 Å². The Morgan fingerprint density at radius 2 is 1.78 bits per heavy atom. The summed E-state index contributed by atoms with van der Waals surface area (Å²) >= 11 is 11.8. The highest BCUT2D eigenvalue weighted by molar-refractivity contribution is 6.31. The van der Waals surface area contributed by atoms with E-state index in [9.17, 15) is 9.59 Å². The minimum absolute atomic E-state index is 0. The predicted molar refractivity (Wildman–Crippen MR) is 111 cm³/mol. The summed E-state index contributed by atoms with van der Waals surface area (Å²) in [5.41, 5.74) is 1.81. The smallest absolute Gasteiger partial charge is 0.246 e. The molecule has 1 N–H and O–H groups in total. The molecule has 0 aliphatic carbocycles. The SMILES string of the molecule is Cl.O=C(CNCc1ccc(Cl)cc1)N1CCN(c2cccc(Cl)c2)C(=O)C1. The van der Waals surface area contributed by atoms with Crippen molar-refractivity contribution < 1.29 is 9.59 Å². The van der Waals surface area contributed by atoms with Gasteiger partial charge < -0.3 is 15.1 Å². The van der Waals surface area contributed by atoms with Gasteiger partial charge in [0.2, 0.25) is 11.8 Å². The number of amides is 2. The van der Waals surface area contributed by atoms with Crippen LogP contribution in [0.4, 0.5) is 5.69 Å². The third-order valence-corrected chi connectivity index (χ3v) is 4.70. The molecule has 2 aromatic carbocycles. The minimum atomic E-state index is -0.107. The molecule has 1 aliphatic heterocycles. The fourth-order valence-electron chi connectivity index (χ4n) is 2.83. The molecule has 1 aliphatic rings. The molecule has 0 atom stereocenters. The lowest BCUT2D eigenvalue weighted by molar-refractivity contribution is -0.136. The molecule has 5 nitrogen and oxygen atoms in total. The highest BCUT2D eigenvalue weighted by Crippen LogP contribution is 2.21. The number of hydrogen-bond donors (Lipinski definition) is 1. The Labute approximate surface area is 174 Å². The molecule has 0 saturated carbocycles. The summed E-state index contributed by atoms with van der Waals surface area (Å²) in [5, 5.41) is 4.37. The fourth-order valence-corrected chi connectivity index (χ4v) is 3.14. The number of benzene rings is 2. The van der Waals surface area contributed by atoms with E-state index in [1.165, 1.54) is 0 Å². The number of carbonyl (C=O) groups excluding carboxylic acids is 2. The number of piperazine rings is 1. The first-order valence-corrected chi connectivity index (χ1v) is 9.07. The first-order chi connectivity index (χ1) is 12.5. The molecule has 2 amide bonds. The Bertz CT molecular complexity index is 799. The Hall–Kier alpha value is -1.79. The molecule has 0 aromatic heterocycles. The molecule has 0 spiro atoms. The predicted octanol–water partition coefficient (Wildman–Crippen LogP) is 3.38. The van der Waals surface area contributed by atoms with Crippen molar-refractivity contribution in [1.29, 1.82) is 0 Å². The first kappa shape index (κ1) is 21.5. The van der Waals surface area contributed by atoms with Gasteiger partial charge in [0.15, 0.2) is 0 Å². The minimum Gasteiger partial charge on any atom is -0.330 e. The summed E-state index contributed by atoms with van der Waals surface area (Å²) in [6.07, 6.45) is 0. The summed E-state index contributed by atoms with van der Waals surface area (Å²) in [6, 6.07) is 14.6. The molecule has 0 radical (unpaired) electrons. The molecule has 8 heteroatoms. The molecule has 0 bridgehead atoms. The van der Waals surface area contributed by atoms with Gasteiger partial charge in [0, 0.05) is 35.4 Å². The largest absolute Gasteiger partial charge is 0.330 e. The molecule has 3 rings (SSSR count). The molecular formula is C19H20Cl3N3O2. The van der Waals surface area contributed by atoms with E-state index >= 15 is 0 Å². The van der Waals surface area contributed by atoms with Gasteiger partial charge in [0.05, 0.1) is 6.54 Å². The second-order valence-corrected chi connectivity index (χ2v) is 6.94. The van der Waals surface area contributed by atoms with Gasteiger partial charge in [0.25, 0.3) is 0 Å². The van der Waals surface area contributed by atoms with E-state index in [1.807, 2.05) is 36.4 Å². The van der Waals surface area contributed by atoms with E-state index in [0.29, 0.717) is 29.7 Å². The van der Waals surface area contributed by atoms with E-state index in [2.05, 4.69) is 5.32 Å². The number of halogens is 3. The molecule has 1 heterocycles. The number of anilines is 1. The maximum Gasteiger partial charge on any atom is 0.246 e. The van der Waals surface area contributed by atoms with Crippen LogP contribution in [0.2, 0.25) is 10.0 Å². The molecule has 2 aromatic rings. The van der Waals surface area contributed by atoms with Crippen molar-refractivity contribution in [3.8, 4) is 0 Å². The summed E-state index contributed by atoms with van der Waals surface area (Å²) < 4.78 is 0. The van der Waals surface area contributed by atoms with Crippen molar-refractivity contribution >= 4 is 53.1 Å². The Kier molecular flexibility index (Phi) is 7.92. The number of hydrogen-bond acceptors (Lipinski definition) is 3. The third-order valence-electron chi connectivity index (χ3n) is 4.21. The second-order valence-electron chi connectivity index (χ2n) is 6.07. The number of carbonyl (C=O) groups is 2. The van der Waals surface area contributed by atoms with Gasteiger partial charge in [-0.2, -0.15) is 0 Å². The zero-order valence-corrected chi connectivity index (χ0v) is 16.9. The van der Waals surface area contributed by atoms with Crippen molar-refractivity contribution in [1.82, 2.24) is 10.2 Å². The quantitative estimate of drug-likeness (QED) is 0.794. The van der Waals surface area contributed by atoms with Crippen LogP contribution in [0.5, 0.6) is 0 Å². The summed E-state index contributed by atoms with van der Waals surface area (Å²) in [4.78, 5) is 28.0. The zero-order chi connectivity index (χ0) is 18.5. The average Bonchev–Trinajstić information content (AvgIpc) is 2.63. The summed E-state index contributed by atoms with van der Waals surface area (Å²) in [6.45, 7) is 1.79. The van der Waals surface area contributed by atoms with Gasteiger partial charge >= 0.3 is 0 Å². The van der Waals surface area contributed by atoms with Gasteiger partial charge in [-0.3, -0.25) is 9.59 Å². The van der Waals surface area contributed by atoms with E-state index < -0.39 is 0 Å². The standard InChI is InChI=1S/C19H19Cl2N3O2.ClH/c20-15-6-4-14(5-7-15)11-22-12-18(25)23-8-9-24(19(26)13-23)17-3-1-2-16(21)10-17;/h1-7,10,22H,8-9,11-13H2;1H. The normalized spacial score (nSPS) is 14.1. The first-order valence-electron chi connectivity index (χ1n) is 8.32. The monoisotopic (exact) mass is 427 g/mol. The Balaban J connectivity index is 0.00000261. The van der Waals surface area contributed by atoms with E-state index in [4.69, 9.17) is 23.2 Å². The van der Waals surface area contributed by atoms with Crippen LogP contribution in [-0.4, -0.2) is 42.9 Å². The van der Waals surface area contributed by atoms with Crippen LogP contribution in [-0.2, 0) is 16.1 Å². The van der Waals surface area contributed by atoms with Crippen molar-refractivity contribution in [3.63, 3.8) is 0 Å². The summed E-state index contributed by atoms with van der Waals surface area (Å²) in [5.74, 6) is -0.192. The number of rotatable bonds is 5. The van der Waals surface area contributed by atoms with Crippen LogP contribution in [0, 0.1) is 0 Å². The number of nitrogens with one attached hydrogen (secondary N) is 1. The van der Waals surface area contributed by atoms with Crippen LogP contribution < -0.4 is 10.2 Å². The van der Waals surface area contributed by atoms with Crippen LogP contribution in [0.3, 0.4) is 0 Å². The lowest BCUT2D eigenvalue weighted by Gasteiger charge is -2.34. The van der Waals surface area contributed by atoms with E-state index in [1.54, 1.807) is 21.9 Å². The molecule has 144 valence electrons. The summed E-state index contributed by atoms with van der Waals surface area (Å²) in [7, 11) is 0. The van der Waals surface area contributed by atoms with Crippen molar-refractivity contribution in [2.75, 3.05) is 31.1 Å². The van der Waals surface area contributed by atoms with E-state index in [-0.39, 0.29) is 37.3 Å². The van der Waals surface area contributed by atoms with Crippen LogP contribution in [0.25, 0.3) is 0 Å².